The number of fused-ring (bicyclic) bond motifs is 3. The molecule has 0 atom stereocenters. The Labute approximate surface area is 286 Å². The van der Waals surface area contributed by atoms with Crippen LogP contribution in [0.2, 0.25) is 17.3 Å². The van der Waals surface area contributed by atoms with Crippen molar-refractivity contribution < 1.29 is 32.7 Å². The maximum absolute atomic E-state index is 8.56. The summed E-state index contributed by atoms with van der Waals surface area (Å²) >= 11 is -2.20. The van der Waals surface area contributed by atoms with E-state index in [-0.39, 0.29) is 37.4 Å². The van der Waals surface area contributed by atoms with Crippen LogP contribution >= 0.6 is 0 Å². The van der Waals surface area contributed by atoms with E-state index in [1.165, 1.54) is 6.07 Å². The third kappa shape index (κ3) is 7.74. The Bertz CT molecular complexity index is 2100. The van der Waals surface area contributed by atoms with Gasteiger partial charge in [0.05, 0.1) is 5.58 Å². The number of pyridine rings is 3. The fourth-order valence-corrected chi connectivity index (χ4v) is 7.82. The van der Waals surface area contributed by atoms with Crippen LogP contribution in [0.25, 0.3) is 44.6 Å². The van der Waals surface area contributed by atoms with Gasteiger partial charge in [-0.1, -0.05) is 36.4 Å². The third-order valence-electron chi connectivity index (χ3n) is 7.03. The third-order valence-corrected chi connectivity index (χ3v) is 11.3. The van der Waals surface area contributed by atoms with Crippen molar-refractivity contribution in [1.29, 1.82) is 0 Å². The van der Waals surface area contributed by atoms with Gasteiger partial charge in [-0.15, -0.1) is 18.2 Å². The average Bonchev–Trinajstić information content (AvgIpc) is 3.42. The van der Waals surface area contributed by atoms with Gasteiger partial charge in [-0.2, -0.15) is 0 Å². The zero-order valence-corrected chi connectivity index (χ0v) is 30.7. The molecule has 0 aliphatic heterocycles. The van der Waals surface area contributed by atoms with Gasteiger partial charge in [-0.3, -0.25) is 0 Å². The maximum Gasteiger partial charge on any atom is 0 e. The fourth-order valence-electron chi connectivity index (χ4n) is 4.87. The molecule has 4 nitrogen and oxygen atoms in total. The molecule has 6 heteroatoms. The fraction of sp³-hybridized carbons (Fsp3) is 0.289. The minimum atomic E-state index is -2.29. The molecule has 0 amide bonds. The van der Waals surface area contributed by atoms with Crippen molar-refractivity contribution in [1.82, 2.24) is 15.0 Å². The largest absolute Gasteiger partial charge is 0 e. The van der Waals surface area contributed by atoms with Crippen LogP contribution in [0.3, 0.4) is 0 Å². The molecule has 4 aromatic heterocycles. The van der Waals surface area contributed by atoms with E-state index < -0.39 is 32.4 Å². The second-order valence-electron chi connectivity index (χ2n) is 12.1. The predicted molar refractivity (Wildman–Crippen MR) is 182 cm³/mol. The number of hydrogen-bond donors (Lipinski definition) is 0. The average molecular weight is 827 g/mol. The van der Waals surface area contributed by atoms with Crippen LogP contribution in [0.1, 0.15) is 58.6 Å². The van der Waals surface area contributed by atoms with Gasteiger partial charge < -0.3 is 9.40 Å². The normalized spacial score (nSPS) is 14.4. The summed E-state index contributed by atoms with van der Waals surface area (Å²) in [4.78, 5) is 13.2. The molecule has 6 rings (SSSR count). The number of hydrogen-bond acceptors (Lipinski definition) is 4. The molecule has 0 N–H and O–H groups in total. The molecule has 0 fully saturated rings. The summed E-state index contributed by atoms with van der Waals surface area (Å²) in [5.74, 6) is 6.02. The van der Waals surface area contributed by atoms with Gasteiger partial charge in [0, 0.05) is 42.9 Å². The molecule has 0 aliphatic carbocycles. The van der Waals surface area contributed by atoms with Crippen molar-refractivity contribution in [2.24, 2.45) is 5.92 Å². The summed E-state index contributed by atoms with van der Waals surface area (Å²) < 4.78 is 55.0. The quantitative estimate of drug-likeness (QED) is 0.124. The van der Waals surface area contributed by atoms with Crippen LogP contribution in [0.4, 0.5) is 0 Å². The molecule has 0 bridgehead atoms. The van der Waals surface area contributed by atoms with Crippen LogP contribution in [0, 0.1) is 24.9 Å². The Morgan fingerprint density at radius 3 is 2.43 bits per heavy atom. The first-order valence-corrected chi connectivity index (χ1v) is 21.8. The predicted octanol–water partition coefficient (Wildman–Crippen LogP) is 9.56. The zero-order valence-electron chi connectivity index (χ0n) is 32.2. The second-order valence-corrected chi connectivity index (χ2v) is 22.7. The second kappa shape index (κ2) is 14.3. The number of nitrogens with zero attached hydrogens (tertiary/aromatic N) is 3. The smallest absolute Gasteiger partial charge is 0 e. The minimum Gasteiger partial charge on any atom is 0 e. The molecule has 0 saturated heterocycles. The Balaban J connectivity index is 0.000000225. The first kappa shape index (κ1) is 26.1. The molecule has 0 saturated carbocycles. The molecular formula is C38H41GeIrN3O-2. The molecule has 1 radical (unpaired) electrons. The van der Waals surface area contributed by atoms with Crippen molar-refractivity contribution in [2.75, 3.05) is 0 Å². The molecule has 229 valence electrons. The summed E-state index contributed by atoms with van der Waals surface area (Å²) in [6, 6.07) is 26.5. The Morgan fingerprint density at radius 2 is 1.75 bits per heavy atom. The molecule has 44 heavy (non-hydrogen) atoms. The number of rotatable bonds is 6. The summed E-state index contributed by atoms with van der Waals surface area (Å²) in [7, 11) is 0. The standard InChI is InChI=1S/C20H17N2O.C18H24GeN.Ir/c1-12(2)14-9-10-21-18(11-14)17-6-4-5-15-16-8-7-13(3)22-20(16)23-19(15)17;1-14(2)11-16-12-18(15-9-7-6-8-10-15)20-13-17(16)19(3,4)5;/h4-5,7-12H,1-3H3;6-9,12-14H,11H2,1-5H3;/q2*-1;/i3D3,12D;11D2;. The molecule has 0 unspecified atom stereocenters. The Kier molecular flexibility index (Phi) is 8.51. The van der Waals surface area contributed by atoms with E-state index in [0.29, 0.717) is 16.8 Å². The van der Waals surface area contributed by atoms with Crippen molar-refractivity contribution in [2.45, 2.75) is 64.1 Å². The van der Waals surface area contributed by atoms with Gasteiger partial charge in [0.15, 0.2) is 0 Å². The number of aryl methyl sites for hydroxylation is 1. The molecule has 0 aliphatic rings. The molecule has 0 spiro atoms. The molecular weight excluding hydrogens is 779 g/mol. The summed E-state index contributed by atoms with van der Waals surface area (Å²) in [6.07, 6.45) is 2.23. The topological polar surface area (TPSA) is 51.8 Å². The van der Waals surface area contributed by atoms with Gasteiger partial charge >= 0.3 is 128 Å². The molecule has 4 heterocycles. The maximum atomic E-state index is 8.56. The first-order chi connectivity index (χ1) is 22.8. The Hall–Kier alpha value is -3.12. The van der Waals surface area contributed by atoms with Crippen LogP contribution in [-0.2, 0) is 26.5 Å². The van der Waals surface area contributed by atoms with Crippen LogP contribution in [-0.4, -0.2) is 28.2 Å². The van der Waals surface area contributed by atoms with E-state index >= 15 is 0 Å². The monoisotopic (exact) mass is 828 g/mol. The zero-order chi connectivity index (χ0) is 35.9. The van der Waals surface area contributed by atoms with Gasteiger partial charge in [0.1, 0.15) is 0 Å². The summed E-state index contributed by atoms with van der Waals surface area (Å²) in [5.41, 5.74) is 5.49. The van der Waals surface area contributed by atoms with E-state index in [0.717, 1.165) is 37.6 Å². The van der Waals surface area contributed by atoms with Crippen molar-refractivity contribution >= 4 is 39.7 Å². The van der Waals surface area contributed by atoms with E-state index in [1.807, 2.05) is 82.4 Å². The Morgan fingerprint density at radius 1 is 0.932 bits per heavy atom. The van der Waals surface area contributed by atoms with Crippen LogP contribution in [0.15, 0.2) is 83.5 Å². The van der Waals surface area contributed by atoms with E-state index in [2.05, 4.69) is 44.4 Å². The molecule has 6 aromatic rings. The van der Waals surface area contributed by atoms with E-state index in [1.54, 1.807) is 18.3 Å². The van der Waals surface area contributed by atoms with Gasteiger partial charge in [0.25, 0.3) is 0 Å². The number of aromatic nitrogens is 3. The number of benzene rings is 2. The van der Waals surface area contributed by atoms with Crippen LogP contribution in [0.5, 0.6) is 0 Å². The van der Waals surface area contributed by atoms with Crippen molar-refractivity contribution in [3.05, 3.63) is 108 Å². The van der Waals surface area contributed by atoms with E-state index in [9.17, 15) is 0 Å². The van der Waals surface area contributed by atoms with Crippen LogP contribution < -0.4 is 4.40 Å². The van der Waals surface area contributed by atoms with Crippen molar-refractivity contribution in [3.8, 4) is 22.5 Å². The van der Waals surface area contributed by atoms with Gasteiger partial charge in [-0.05, 0) is 36.6 Å². The van der Waals surface area contributed by atoms with Crippen molar-refractivity contribution in [3.63, 3.8) is 0 Å². The van der Waals surface area contributed by atoms with Gasteiger partial charge in [-0.25, -0.2) is 4.98 Å². The summed E-state index contributed by atoms with van der Waals surface area (Å²) in [6.45, 7) is 5.22. The summed E-state index contributed by atoms with van der Waals surface area (Å²) in [5, 5.41) is 1.56. The number of furan rings is 1. The van der Waals surface area contributed by atoms with E-state index in [4.69, 9.17) is 12.6 Å². The van der Waals surface area contributed by atoms with Gasteiger partial charge in [0.2, 0.25) is 5.71 Å². The SMILES string of the molecule is [2H]C([2H])([2H])c1ccc2c(n1)oc1c(-c3cc(C([2H])(C)C)ccn3)[c-]ccc12.[2H]C([2H])(c1cc(-c2[c-]cccc2)nc[c]1[Ge]([CH3])([CH3])[CH3])C(C)C.[Ir]. The minimum absolute atomic E-state index is 0. The molecule has 2 aromatic carbocycles. The first-order valence-electron chi connectivity index (χ1n) is 17.5.